The van der Waals surface area contributed by atoms with Gasteiger partial charge in [-0.2, -0.15) is 0 Å². The van der Waals surface area contributed by atoms with Gasteiger partial charge in [-0.3, -0.25) is 0 Å². The molecule has 1 aromatic carbocycles. The molecule has 1 rings (SSSR count). The molecule has 0 aromatic heterocycles. The maximum absolute atomic E-state index is 5.58. The van der Waals surface area contributed by atoms with E-state index in [0.29, 0.717) is 13.2 Å². The van der Waals surface area contributed by atoms with Crippen molar-refractivity contribution in [1.29, 1.82) is 0 Å². The molecule has 0 fully saturated rings. The van der Waals surface area contributed by atoms with Gasteiger partial charge in [0.1, 0.15) is 0 Å². The Bertz CT molecular complexity index is 342. The van der Waals surface area contributed by atoms with Gasteiger partial charge in [0.15, 0.2) is 18.3 Å². The van der Waals surface area contributed by atoms with E-state index in [1.54, 1.807) is 0 Å². The van der Waals surface area contributed by atoms with Crippen molar-refractivity contribution in [3.05, 3.63) is 23.8 Å². The lowest BCUT2D eigenvalue weighted by molar-refractivity contribution is 0.0206. The minimum Gasteiger partial charge on any atom is -0.490 e. The van der Waals surface area contributed by atoms with Crippen LogP contribution in [0.2, 0.25) is 0 Å². The Morgan fingerprint density at radius 2 is 1.83 bits per heavy atom. The van der Waals surface area contributed by atoms with Crippen LogP contribution in [0.4, 0.5) is 0 Å². The quantitative estimate of drug-likeness (QED) is 0.542. The smallest absolute Gasteiger partial charge is 0.189 e. The molecular weight excluding hydrogens is 230 g/mol. The largest absolute Gasteiger partial charge is 0.490 e. The molecule has 0 aliphatic rings. The van der Waals surface area contributed by atoms with Crippen LogP contribution in [0.3, 0.4) is 0 Å². The Morgan fingerprint density at radius 3 is 2.50 bits per heavy atom. The number of hydrogen-bond donors (Lipinski definition) is 1. The highest BCUT2D eigenvalue weighted by Gasteiger charge is 2.06. The van der Waals surface area contributed by atoms with E-state index in [1.165, 1.54) is 5.56 Å². The molecule has 102 valence electrons. The molecule has 0 amide bonds. The summed E-state index contributed by atoms with van der Waals surface area (Å²) in [6.07, 6.45) is 0. The summed E-state index contributed by atoms with van der Waals surface area (Å²) in [5.41, 5.74) is 1.18. The van der Waals surface area contributed by atoms with Gasteiger partial charge in [0.25, 0.3) is 0 Å². The average molecular weight is 253 g/mol. The van der Waals surface area contributed by atoms with Crippen LogP contribution in [-0.2, 0) is 11.3 Å². The van der Waals surface area contributed by atoms with Gasteiger partial charge >= 0.3 is 0 Å². The van der Waals surface area contributed by atoms with Gasteiger partial charge in [0.05, 0.1) is 6.61 Å². The van der Waals surface area contributed by atoms with Crippen molar-refractivity contribution >= 4 is 0 Å². The monoisotopic (exact) mass is 253 g/mol. The molecule has 1 N–H and O–H groups in total. The van der Waals surface area contributed by atoms with Crippen LogP contribution in [0.25, 0.3) is 0 Å². The van der Waals surface area contributed by atoms with E-state index in [9.17, 15) is 0 Å². The van der Waals surface area contributed by atoms with Crippen LogP contribution in [0.1, 0.15) is 26.3 Å². The minimum absolute atomic E-state index is 0.253. The van der Waals surface area contributed by atoms with Crippen molar-refractivity contribution in [1.82, 2.24) is 5.32 Å². The first-order chi connectivity index (χ1) is 8.81. The van der Waals surface area contributed by atoms with Crippen molar-refractivity contribution in [3.8, 4) is 11.5 Å². The first-order valence-corrected chi connectivity index (χ1v) is 6.48. The van der Waals surface area contributed by atoms with Crippen molar-refractivity contribution in [2.45, 2.75) is 27.3 Å². The number of rotatable bonds is 9. The predicted octanol–water partition coefficient (Wildman–Crippen LogP) is 2.57. The highest BCUT2D eigenvalue weighted by molar-refractivity contribution is 5.43. The molecule has 0 saturated heterocycles. The second-order valence-corrected chi connectivity index (χ2v) is 3.75. The summed E-state index contributed by atoms with van der Waals surface area (Å²) in [5.74, 6) is 1.50. The van der Waals surface area contributed by atoms with E-state index in [1.807, 2.05) is 32.0 Å². The summed E-state index contributed by atoms with van der Waals surface area (Å²) in [6.45, 7) is 9.29. The van der Waals surface area contributed by atoms with E-state index in [2.05, 4.69) is 12.2 Å². The van der Waals surface area contributed by atoms with E-state index in [0.717, 1.165) is 24.6 Å². The fourth-order valence-corrected chi connectivity index (χ4v) is 1.51. The number of benzene rings is 1. The molecule has 0 radical (unpaired) electrons. The summed E-state index contributed by atoms with van der Waals surface area (Å²) < 4.78 is 16.3. The van der Waals surface area contributed by atoms with E-state index < -0.39 is 0 Å². The Morgan fingerprint density at radius 1 is 1.00 bits per heavy atom. The topological polar surface area (TPSA) is 39.7 Å². The van der Waals surface area contributed by atoms with Crippen molar-refractivity contribution in [2.75, 3.05) is 26.6 Å². The molecule has 0 aliphatic carbocycles. The Labute approximate surface area is 109 Å². The number of ether oxygens (including phenoxy) is 3. The molecule has 4 heteroatoms. The summed E-state index contributed by atoms with van der Waals surface area (Å²) in [5, 5.41) is 3.28. The third kappa shape index (κ3) is 4.94. The van der Waals surface area contributed by atoms with Crippen LogP contribution < -0.4 is 14.8 Å². The zero-order valence-corrected chi connectivity index (χ0v) is 11.5. The number of hydrogen-bond acceptors (Lipinski definition) is 4. The summed E-state index contributed by atoms with van der Waals surface area (Å²) in [7, 11) is 0. The fraction of sp³-hybridized carbons (Fsp3) is 0.571. The number of nitrogens with one attached hydrogen (secondary N) is 1. The molecule has 0 heterocycles. The van der Waals surface area contributed by atoms with Gasteiger partial charge in [-0.15, -0.1) is 0 Å². The van der Waals surface area contributed by atoms with Crippen molar-refractivity contribution in [2.24, 2.45) is 0 Å². The molecular formula is C14H23NO3. The van der Waals surface area contributed by atoms with Gasteiger partial charge in [0, 0.05) is 13.2 Å². The van der Waals surface area contributed by atoms with Crippen molar-refractivity contribution in [3.63, 3.8) is 0 Å². The second-order valence-electron chi connectivity index (χ2n) is 3.75. The maximum atomic E-state index is 5.58. The van der Waals surface area contributed by atoms with E-state index in [4.69, 9.17) is 14.2 Å². The normalized spacial score (nSPS) is 10.4. The van der Waals surface area contributed by atoms with Gasteiger partial charge in [0.2, 0.25) is 0 Å². The SMILES string of the molecule is CCNCc1ccc(OCOCC)c(OCC)c1. The highest BCUT2D eigenvalue weighted by Crippen LogP contribution is 2.28. The van der Waals surface area contributed by atoms with Gasteiger partial charge in [-0.05, 0) is 38.1 Å². The lowest BCUT2D eigenvalue weighted by Crippen LogP contribution is -2.12. The van der Waals surface area contributed by atoms with Crippen LogP contribution in [0.15, 0.2) is 18.2 Å². The second kappa shape index (κ2) is 8.78. The van der Waals surface area contributed by atoms with Gasteiger partial charge in [-0.25, -0.2) is 0 Å². The Hall–Kier alpha value is -1.26. The molecule has 0 aliphatic heterocycles. The van der Waals surface area contributed by atoms with Crippen LogP contribution >= 0.6 is 0 Å². The third-order valence-electron chi connectivity index (χ3n) is 2.39. The van der Waals surface area contributed by atoms with Gasteiger partial charge < -0.3 is 19.5 Å². The molecule has 18 heavy (non-hydrogen) atoms. The molecule has 1 aromatic rings. The first-order valence-electron chi connectivity index (χ1n) is 6.48. The van der Waals surface area contributed by atoms with E-state index >= 15 is 0 Å². The Balaban J connectivity index is 2.69. The summed E-state index contributed by atoms with van der Waals surface area (Å²) in [4.78, 5) is 0. The molecule has 4 nitrogen and oxygen atoms in total. The van der Waals surface area contributed by atoms with E-state index in [-0.39, 0.29) is 6.79 Å². The molecule has 0 saturated carbocycles. The zero-order chi connectivity index (χ0) is 13.2. The lowest BCUT2D eigenvalue weighted by atomic mass is 10.2. The molecule has 0 bridgehead atoms. The fourth-order valence-electron chi connectivity index (χ4n) is 1.51. The first kappa shape index (κ1) is 14.8. The Kier molecular flexibility index (Phi) is 7.22. The summed E-state index contributed by atoms with van der Waals surface area (Å²) >= 11 is 0. The highest BCUT2D eigenvalue weighted by atomic mass is 16.7. The molecule has 0 atom stereocenters. The van der Waals surface area contributed by atoms with Crippen molar-refractivity contribution < 1.29 is 14.2 Å². The van der Waals surface area contributed by atoms with Gasteiger partial charge in [-0.1, -0.05) is 13.0 Å². The zero-order valence-electron chi connectivity index (χ0n) is 11.5. The van der Waals surface area contributed by atoms with Crippen LogP contribution in [0, 0.1) is 0 Å². The third-order valence-corrected chi connectivity index (χ3v) is 2.39. The molecule has 0 unspecified atom stereocenters. The lowest BCUT2D eigenvalue weighted by Gasteiger charge is -2.13. The standard InChI is InChI=1S/C14H23NO3/c1-4-15-10-12-7-8-13(18-11-16-5-2)14(9-12)17-6-3/h7-9,15H,4-6,10-11H2,1-3H3. The minimum atomic E-state index is 0.253. The average Bonchev–Trinajstić information content (AvgIpc) is 2.39. The van der Waals surface area contributed by atoms with Crippen LogP contribution in [-0.4, -0.2) is 26.6 Å². The molecule has 0 spiro atoms. The summed E-state index contributed by atoms with van der Waals surface area (Å²) in [6, 6.07) is 5.97. The van der Waals surface area contributed by atoms with Crippen LogP contribution in [0.5, 0.6) is 11.5 Å². The maximum Gasteiger partial charge on any atom is 0.189 e. The predicted molar refractivity (Wildman–Crippen MR) is 72.1 cm³/mol.